The molecule has 1 saturated carbocycles. The van der Waals surface area contributed by atoms with E-state index in [0.29, 0.717) is 18.8 Å². The molecule has 35 heavy (non-hydrogen) atoms. The Kier molecular flexibility index (Phi) is 7.58. The van der Waals surface area contributed by atoms with Gasteiger partial charge in [0.1, 0.15) is 0 Å². The first-order chi connectivity index (χ1) is 16.9. The Hall–Kier alpha value is -2.19. The number of thiazole rings is 1. The summed E-state index contributed by atoms with van der Waals surface area (Å²) >= 11 is 1.63. The van der Waals surface area contributed by atoms with Gasteiger partial charge in [-0.15, -0.1) is 11.3 Å². The number of benzene rings is 1. The van der Waals surface area contributed by atoms with Gasteiger partial charge in [0, 0.05) is 61.4 Å². The first-order valence-corrected chi connectivity index (χ1v) is 13.7. The molecule has 1 fully saturated rings. The summed E-state index contributed by atoms with van der Waals surface area (Å²) in [5.74, 6) is 1.44. The summed E-state index contributed by atoms with van der Waals surface area (Å²) in [7, 11) is 1.89. The highest BCUT2D eigenvalue weighted by Gasteiger charge is 2.26. The van der Waals surface area contributed by atoms with E-state index >= 15 is 0 Å². The number of hydrogen-bond donors (Lipinski definition) is 0. The first-order valence-electron chi connectivity index (χ1n) is 12.9. The van der Waals surface area contributed by atoms with Gasteiger partial charge in [0.25, 0.3) is 0 Å². The Morgan fingerprint density at radius 2 is 2.00 bits per heavy atom. The average Bonchev–Trinajstić information content (AvgIpc) is 3.43. The molecule has 3 heterocycles. The minimum Gasteiger partial charge on any atom is -0.297 e. The monoisotopic (exact) mass is 500 g/mol. The van der Waals surface area contributed by atoms with E-state index < -0.39 is 6.43 Å². The molecule has 0 N–H and O–H groups in total. The van der Waals surface area contributed by atoms with Crippen molar-refractivity contribution < 1.29 is 13.6 Å². The van der Waals surface area contributed by atoms with Crippen molar-refractivity contribution >= 4 is 28.0 Å². The van der Waals surface area contributed by atoms with E-state index in [4.69, 9.17) is 0 Å². The van der Waals surface area contributed by atoms with E-state index in [9.17, 15) is 13.6 Å². The van der Waals surface area contributed by atoms with E-state index in [1.807, 2.05) is 31.4 Å². The maximum Gasteiger partial charge on any atom is 0.239 e. The highest BCUT2D eigenvalue weighted by Crippen LogP contribution is 2.34. The minimum absolute atomic E-state index is 0.0937. The van der Waals surface area contributed by atoms with Gasteiger partial charge in [-0.2, -0.15) is 5.10 Å². The smallest absolute Gasteiger partial charge is 0.239 e. The van der Waals surface area contributed by atoms with Crippen molar-refractivity contribution in [1.29, 1.82) is 0 Å². The SMILES string of the molecule is Cn1cc2c(C(=O)CC3CCC(CCN4CCc5sc(CCC(F)F)nc5C4)CC3)cccc2n1. The fourth-order valence-electron chi connectivity index (χ4n) is 5.70. The van der Waals surface area contributed by atoms with Crippen LogP contribution in [-0.4, -0.2) is 45.0 Å². The summed E-state index contributed by atoms with van der Waals surface area (Å²) in [6.07, 6.45) is 7.44. The van der Waals surface area contributed by atoms with Crippen LogP contribution >= 0.6 is 11.3 Å². The highest BCUT2D eigenvalue weighted by molar-refractivity contribution is 7.11. The predicted octanol–water partition coefficient (Wildman–Crippen LogP) is 6.06. The molecule has 188 valence electrons. The van der Waals surface area contributed by atoms with Gasteiger partial charge in [0.05, 0.1) is 16.2 Å². The third-order valence-corrected chi connectivity index (χ3v) is 8.90. The predicted molar refractivity (Wildman–Crippen MR) is 135 cm³/mol. The number of nitrogens with zero attached hydrogens (tertiary/aromatic N) is 4. The molecule has 0 radical (unpaired) electrons. The van der Waals surface area contributed by atoms with Crippen LogP contribution in [0.3, 0.4) is 0 Å². The van der Waals surface area contributed by atoms with E-state index in [2.05, 4.69) is 15.0 Å². The van der Waals surface area contributed by atoms with Crippen molar-refractivity contribution in [3.05, 3.63) is 45.5 Å². The Labute approximate surface area is 209 Å². The molecule has 2 aliphatic rings. The zero-order valence-corrected chi connectivity index (χ0v) is 21.2. The average molecular weight is 501 g/mol. The summed E-state index contributed by atoms with van der Waals surface area (Å²) in [6.45, 7) is 2.96. The zero-order chi connectivity index (χ0) is 24.4. The number of alkyl halides is 2. The van der Waals surface area contributed by atoms with Crippen molar-refractivity contribution in [3.63, 3.8) is 0 Å². The molecule has 1 aliphatic heterocycles. The van der Waals surface area contributed by atoms with Crippen LogP contribution in [0, 0.1) is 11.8 Å². The van der Waals surface area contributed by atoms with Gasteiger partial charge in [-0.05, 0) is 50.1 Å². The number of ketones is 1. The highest BCUT2D eigenvalue weighted by atomic mass is 32.1. The van der Waals surface area contributed by atoms with Crippen molar-refractivity contribution in [2.24, 2.45) is 18.9 Å². The third-order valence-electron chi connectivity index (χ3n) is 7.69. The van der Waals surface area contributed by atoms with E-state index in [0.717, 1.165) is 72.0 Å². The number of rotatable bonds is 9. The van der Waals surface area contributed by atoms with Gasteiger partial charge in [-0.1, -0.05) is 25.0 Å². The van der Waals surface area contributed by atoms with E-state index in [-0.39, 0.29) is 12.2 Å². The van der Waals surface area contributed by atoms with Gasteiger partial charge in [-0.25, -0.2) is 13.8 Å². The van der Waals surface area contributed by atoms with Crippen LogP contribution in [0.2, 0.25) is 0 Å². The quantitative estimate of drug-likeness (QED) is 0.335. The number of carbonyl (C=O) groups is 1. The van der Waals surface area contributed by atoms with Crippen molar-refractivity contribution in [1.82, 2.24) is 19.7 Å². The van der Waals surface area contributed by atoms with Gasteiger partial charge < -0.3 is 0 Å². The Bertz CT molecular complexity index is 1170. The summed E-state index contributed by atoms with van der Waals surface area (Å²) in [5, 5.41) is 6.25. The molecule has 0 atom stereocenters. The molecule has 2 aromatic heterocycles. The largest absolute Gasteiger partial charge is 0.297 e. The second kappa shape index (κ2) is 10.8. The van der Waals surface area contributed by atoms with Gasteiger partial charge >= 0.3 is 0 Å². The molecule has 8 heteroatoms. The molecule has 5 rings (SSSR count). The van der Waals surface area contributed by atoms with Crippen LogP contribution in [-0.2, 0) is 26.4 Å². The van der Waals surface area contributed by atoms with Crippen LogP contribution in [0.25, 0.3) is 10.9 Å². The Morgan fingerprint density at radius 3 is 2.80 bits per heavy atom. The summed E-state index contributed by atoms with van der Waals surface area (Å²) in [5.41, 5.74) is 2.80. The Morgan fingerprint density at radius 1 is 1.20 bits per heavy atom. The lowest BCUT2D eigenvalue weighted by molar-refractivity contribution is 0.0941. The number of aryl methyl sites for hydroxylation is 2. The van der Waals surface area contributed by atoms with Crippen LogP contribution in [0.5, 0.6) is 0 Å². The fraction of sp³-hybridized carbons (Fsp3) is 0.593. The van der Waals surface area contributed by atoms with Crippen molar-refractivity contribution in [2.45, 2.75) is 70.8 Å². The molecule has 0 unspecified atom stereocenters. The number of halogens is 2. The van der Waals surface area contributed by atoms with Crippen molar-refractivity contribution in [3.8, 4) is 0 Å². The number of Topliss-reactive ketones (excluding diaryl/α,β-unsaturated/α-hetero) is 1. The Balaban J connectivity index is 1.06. The third kappa shape index (κ3) is 5.97. The molecule has 0 amide bonds. The number of hydrogen-bond acceptors (Lipinski definition) is 5. The summed E-state index contributed by atoms with van der Waals surface area (Å²) in [6, 6.07) is 5.83. The van der Waals surface area contributed by atoms with Crippen molar-refractivity contribution in [2.75, 3.05) is 13.1 Å². The molecule has 1 aliphatic carbocycles. The topological polar surface area (TPSA) is 51.0 Å². The number of fused-ring (bicyclic) bond motifs is 2. The molecule has 0 spiro atoms. The van der Waals surface area contributed by atoms with Crippen LogP contribution in [0.15, 0.2) is 24.4 Å². The van der Waals surface area contributed by atoms with Crippen LogP contribution < -0.4 is 0 Å². The second-order valence-electron chi connectivity index (χ2n) is 10.3. The molecular formula is C27H34F2N4OS. The lowest BCUT2D eigenvalue weighted by Gasteiger charge is -2.31. The summed E-state index contributed by atoms with van der Waals surface area (Å²) < 4.78 is 26.8. The van der Waals surface area contributed by atoms with Crippen LogP contribution in [0.4, 0.5) is 8.78 Å². The maximum absolute atomic E-state index is 13.0. The maximum atomic E-state index is 13.0. The molecule has 3 aromatic rings. The van der Waals surface area contributed by atoms with Gasteiger partial charge in [0.2, 0.25) is 6.43 Å². The summed E-state index contributed by atoms with van der Waals surface area (Å²) in [4.78, 5) is 21.5. The molecule has 1 aromatic carbocycles. The lowest BCUT2D eigenvalue weighted by atomic mass is 9.78. The van der Waals surface area contributed by atoms with E-state index in [1.165, 1.54) is 24.1 Å². The number of aromatic nitrogens is 3. The normalized spacial score (nSPS) is 21.0. The minimum atomic E-state index is -2.25. The van der Waals surface area contributed by atoms with Gasteiger partial charge in [-0.3, -0.25) is 14.4 Å². The second-order valence-corrected chi connectivity index (χ2v) is 11.4. The number of carbonyl (C=O) groups excluding carboxylic acids is 1. The molecule has 0 saturated heterocycles. The molecular weight excluding hydrogens is 466 g/mol. The zero-order valence-electron chi connectivity index (χ0n) is 20.4. The first kappa shape index (κ1) is 24.5. The molecule has 0 bridgehead atoms. The van der Waals surface area contributed by atoms with E-state index in [1.54, 1.807) is 16.0 Å². The lowest BCUT2D eigenvalue weighted by Crippen LogP contribution is -2.32. The standard InChI is InChI=1S/C27H34F2N4OS/c1-32-16-21-20(3-2-4-22(21)31-32)24(34)15-19-7-5-18(6-8-19)11-13-33-14-12-25-23(17-33)30-27(35-25)10-9-26(28)29/h2-4,16,18-19,26H,5-15,17H2,1H3. The molecule has 5 nitrogen and oxygen atoms in total. The fourth-order valence-corrected chi connectivity index (χ4v) is 6.78. The van der Waals surface area contributed by atoms with Gasteiger partial charge in [0.15, 0.2) is 5.78 Å². The van der Waals surface area contributed by atoms with Crippen LogP contribution in [0.1, 0.15) is 70.9 Å².